The Labute approximate surface area is 121 Å². The van der Waals surface area contributed by atoms with Gasteiger partial charge in [-0.3, -0.25) is 9.59 Å². The van der Waals surface area contributed by atoms with Crippen LogP contribution in [0.15, 0.2) is 18.3 Å². The summed E-state index contributed by atoms with van der Waals surface area (Å²) >= 11 is 0. The molecule has 6 nitrogen and oxygen atoms in total. The van der Waals surface area contributed by atoms with Crippen molar-refractivity contribution in [2.45, 2.75) is 31.4 Å². The zero-order chi connectivity index (χ0) is 14.8. The van der Waals surface area contributed by atoms with Crippen molar-refractivity contribution >= 4 is 17.6 Å². The van der Waals surface area contributed by atoms with Crippen LogP contribution in [0.25, 0.3) is 0 Å². The first-order valence-corrected chi connectivity index (χ1v) is 6.98. The Bertz CT molecular complexity index is 545. The molecule has 0 spiro atoms. The fraction of sp³-hybridized carbons (Fsp3) is 0.500. The second-order valence-corrected chi connectivity index (χ2v) is 5.36. The van der Waals surface area contributed by atoms with E-state index in [1.165, 1.54) is 6.07 Å². The molecule has 2 atom stereocenters. The maximum Gasteiger partial charge on any atom is 0.314 e. The number of hydrogen-bond donors (Lipinski definition) is 2. The molecule has 0 radical (unpaired) electrons. The molecule has 1 aliphatic carbocycles. The van der Waals surface area contributed by atoms with Gasteiger partial charge in [-0.15, -0.1) is 0 Å². The number of carbonyl (C=O) groups is 2. The minimum atomic E-state index is -0.810. The summed E-state index contributed by atoms with van der Waals surface area (Å²) in [5.41, 5.74) is 0. The number of anilines is 1. The van der Waals surface area contributed by atoms with Gasteiger partial charge in [0.05, 0.1) is 18.3 Å². The summed E-state index contributed by atoms with van der Waals surface area (Å²) < 4.78 is 18.3. The van der Waals surface area contributed by atoms with E-state index in [2.05, 4.69) is 15.6 Å². The van der Waals surface area contributed by atoms with Crippen LogP contribution in [0.5, 0.6) is 0 Å². The van der Waals surface area contributed by atoms with Crippen LogP contribution in [0.4, 0.5) is 10.2 Å². The Hall–Kier alpha value is -2.02. The third-order valence-electron chi connectivity index (χ3n) is 3.71. The van der Waals surface area contributed by atoms with Gasteiger partial charge in [0.1, 0.15) is 11.6 Å². The van der Waals surface area contributed by atoms with Gasteiger partial charge >= 0.3 is 11.8 Å². The van der Waals surface area contributed by atoms with Crippen molar-refractivity contribution in [2.75, 3.05) is 11.9 Å². The summed E-state index contributed by atoms with van der Waals surface area (Å²) in [6, 6.07) is 2.35. The predicted molar refractivity (Wildman–Crippen MR) is 71.8 cm³/mol. The quantitative estimate of drug-likeness (QED) is 0.809. The number of ether oxygens (including phenoxy) is 1. The Morgan fingerprint density at radius 3 is 2.71 bits per heavy atom. The normalized spacial score (nSPS) is 24.6. The minimum Gasteiger partial charge on any atom is -0.376 e. The number of hydrogen-bond acceptors (Lipinski definition) is 4. The Morgan fingerprint density at radius 1 is 1.24 bits per heavy atom. The molecule has 1 saturated heterocycles. The molecule has 1 aliphatic heterocycles. The molecular formula is C14H16FN3O3. The molecule has 1 saturated carbocycles. The number of aromatic nitrogens is 1. The summed E-state index contributed by atoms with van der Waals surface area (Å²) in [5.74, 6) is -1.40. The summed E-state index contributed by atoms with van der Waals surface area (Å²) in [6.45, 7) is 0.604. The van der Waals surface area contributed by atoms with Gasteiger partial charge < -0.3 is 15.4 Å². The van der Waals surface area contributed by atoms with Gasteiger partial charge in [0.25, 0.3) is 0 Å². The van der Waals surface area contributed by atoms with Gasteiger partial charge in [-0.25, -0.2) is 9.37 Å². The number of carbonyl (C=O) groups excluding carboxylic acids is 2. The van der Waals surface area contributed by atoms with E-state index in [0.717, 1.165) is 31.5 Å². The molecule has 21 heavy (non-hydrogen) atoms. The van der Waals surface area contributed by atoms with E-state index in [1.807, 2.05) is 0 Å². The summed E-state index contributed by atoms with van der Waals surface area (Å²) in [5, 5.41) is 5.04. The molecule has 2 heterocycles. The van der Waals surface area contributed by atoms with Gasteiger partial charge in [-0.1, -0.05) is 0 Å². The van der Waals surface area contributed by atoms with Crippen LogP contribution in [-0.2, 0) is 14.3 Å². The zero-order valence-electron chi connectivity index (χ0n) is 11.3. The largest absolute Gasteiger partial charge is 0.376 e. The molecular weight excluding hydrogens is 277 g/mol. The lowest BCUT2D eigenvalue weighted by Crippen LogP contribution is -2.46. The van der Waals surface area contributed by atoms with Crippen molar-refractivity contribution in [1.29, 1.82) is 0 Å². The highest BCUT2D eigenvalue weighted by atomic mass is 19.1. The third kappa shape index (κ3) is 3.36. The van der Waals surface area contributed by atoms with Crippen molar-refractivity contribution < 1.29 is 18.7 Å². The monoisotopic (exact) mass is 293 g/mol. The third-order valence-corrected chi connectivity index (χ3v) is 3.71. The van der Waals surface area contributed by atoms with Crippen LogP contribution in [0.2, 0.25) is 0 Å². The molecule has 7 heteroatoms. The van der Waals surface area contributed by atoms with E-state index in [4.69, 9.17) is 4.74 Å². The van der Waals surface area contributed by atoms with Crippen LogP contribution >= 0.6 is 0 Å². The zero-order valence-corrected chi connectivity index (χ0v) is 11.3. The highest BCUT2D eigenvalue weighted by Gasteiger charge is 2.41. The standard InChI is InChI=1S/C14H16FN3O3/c15-9-3-4-11(16-7-9)18-14(20)13(19)17-10-5-6-21-12(10)8-1-2-8/h3-4,7-8,10,12H,1-2,5-6H2,(H,17,19)(H,16,18,20)/t10-,12+/m1/s1. The lowest BCUT2D eigenvalue weighted by atomic mass is 10.1. The van der Waals surface area contributed by atoms with Gasteiger partial charge in [-0.2, -0.15) is 0 Å². The highest BCUT2D eigenvalue weighted by Crippen LogP contribution is 2.38. The molecule has 1 aromatic rings. The maximum atomic E-state index is 12.7. The topological polar surface area (TPSA) is 80.3 Å². The van der Waals surface area contributed by atoms with Crippen molar-refractivity contribution in [1.82, 2.24) is 10.3 Å². The fourth-order valence-corrected chi connectivity index (χ4v) is 2.51. The Kier molecular flexibility index (Phi) is 3.83. The van der Waals surface area contributed by atoms with Crippen LogP contribution in [0.1, 0.15) is 19.3 Å². The molecule has 2 fully saturated rings. The number of amides is 2. The van der Waals surface area contributed by atoms with Gasteiger partial charge in [-0.05, 0) is 37.3 Å². The number of rotatable bonds is 3. The van der Waals surface area contributed by atoms with Crippen molar-refractivity contribution in [2.24, 2.45) is 5.92 Å². The van der Waals surface area contributed by atoms with E-state index in [9.17, 15) is 14.0 Å². The molecule has 2 aliphatic rings. The van der Waals surface area contributed by atoms with Crippen LogP contribution < -0.4 is 10.6 Å². The van der Waals surface area contributed by atoms with Crippen LogP contribution in [0, 0.1) is 11.7 Å². The molecule has 1 aromatic heterocycles. The minimum absolute atomic E-state index is 0.0192. The molecule has 0 bridgehead atoms. The lowest BCUT2D eigenvalue weighted by molar-refractivity contribution is -0.136. The molecule has 2 amide bonds. The highest BCUT2D eigenvalue weighted by molar-refractivity contribution is 6.39. The summed E-state index contributed by atoms with van der Waals surface area (Å²) in [4.78, 5) is 27.3. The second kappa shape index (κ2) is 5.77. The molecule has 0 aromatic carbocycles. The van der Waals surface area contributed by atoms with Gasteiger partial charge in [0.15, 0.2) is 0 Å². The molecule has 3 rings (SSSR count). The maximum absolute atomic E-state index is 12.7. The van der Waals surface area contributed by atoms with Crippen molar-refractivity contribution in [3.05, 3.63) is 24.1 Å². The van der Waals surface area contributed by atoms with E-state index < -0.39 is 17.6 Å². The number of nitrogens with zero attached hydrogens (tertiary/aromatic N) is 1. The number of pyridine rings is 1. The molecule has 2 N–H and O–H groups in total. The predicted octanol–water partition coefficient (Wildman–Crippen LogP) is 0.843. The SMILES string of the molecule is O=C(Nc1ccc(F)cn1)C(=O)N[C@@H]1CCO[C@H]1C1CC1. The Morgan fingerprint density at radius 2 is 2.05 bits per heavy atom. The Balaban J connectivity index is 1.54. The first-order valence-electron chi connectivity index (χ1n) is 6.98. The lowest BCUT2D eigenvalue weighted by Gasteiger charge is -2.18. The second-order valence-electron chi connectivity index (χ2n) is 5.36. The first kappa shape index (κ1) is 13.9. The van der Waals surface area contributed by atoms with Crippen LogP contribution in [0.3, 0.4) is 0 Å². The first-order chi connectivity index (χ1) is 10.1. The van der Waals surface area contributed by atoms with Gasteiger partial charge in [0.2, 0.25) is 0 Å². The van der Waals surface area contributed by atoms with Gasteiger partial charge in [0, 0.05) is 6.61 Å². The number of halogens is 1. The average Bonchev–Trinajstić information content (AvgIpc) is 3.21. The summed E-state index contributed by atoms with van der Waals surface area (Å²) in [7, 11) is 0. The molecule has 0 unspecified atom stereocenters. The van der Waals surface area contributed by atoms with Crippen LogP contribution in [-0.4, -0.2) is 35.6 Å². The van der Waals surface area contributed by atoms with E-state index >= 15 is 0 Å². The molecule has 112 valence electrons. The van der Waals surface area contributed by atoms with E-state index in [1.54, 1.807) is 0 Å². The smallest absolute Gasteiger partial charge is 0.314 e. The fourth-order valence-electron chi connectivity index (χ4n) is 2.51. The van der Waals surface area contributed by atoms with E-state index in [-0.39, 0.29) is 18.0 Å². The van der Waals surface area contributed by atoms with Crippen molar-refractivity contribution in [3.63, 3.8) is 0 Å². The summed E-state index contributed by atoms with van der Waals surface area (Å²) in [6.07, 6.45) is 3.94. The van der Waals surface area contributed by atoms with E-state index in [0.29, 0.717) is 12.5 Å². The van der Waals surface area contributed by atoms with Crippen molar-refractivity contribution in [3.8, 4) is 0 Å². The average molecular weight is 293 g/mol. The number of nitrogens with one attached hydrogen (secondary N) is 2.